The lowest BCUT2D eigenvalue weighted by Gasteiger charge is -2.31. The molecule has 4 nitrogen and oxygen atoms in total. The minimum Gasteiger partial charge on any atom is -0.352 e. The van der Waals surface area contributed by atoms with Gasteiger partial charge < -0.3 is 10.2 Å². The van der Waals surface area contributed by atoms with E-state index >= 15 is 0 Å². The molecule has 0 aliphatic carbocycles. The molecule has 156 valence electrons. The van der Waals surface area contributed by atoms with Gasteiger partial charge in [0, 0.05) is 22.6 Å². The van der Waals surface area contributed by atoms with Crippen LogP contribution < -0.4 is 5.32 Å². The van der Waals surface area contributed by atoms with Crippen LogP contribution in [0.1, 0.15) is 43.9 Å². The second kappa shape index (κ2) is 10.7. The van der Waals surface area contributed by atoms with Gasteiger partial charge in [-0.05, 0) is 50.5 Å². The summed E-state index contributed by atoms with van der Waals surface area (Å²) in [5.74, 6) is -0.282. The quantitative estimate of drug-likeness (QED) is 0.622. The van der Waals surface area contributed by atoms with Gasteiger partial charge >= 0.3 is 0 Å². The van der Waals surface area contributed by atoms with Gasteiger partial charge in [0.15, 0.2) is 0 Å². The molecule has 29 heavy (non-hydrogen) atoms. The van der Waals surface area contributed by atoms with Crippen molar-refractivity contribution < 1.29 is 9.59 Å². The highest BCUT2D eigenvalue weighted by atomic mass is 35.5. The molecule has 0 radical (unpaired) electrons. The Morgan fingerprint density at radius 3 is 2.28 bits per heavy atom. The monoisotopic (exact) mass is 434 g/mol. The number of nitrogens with zero attached hydrogens (tertiary/aromatic N) is 1. The number of hydrogen-bond donors (Lipinski definition) is 1. The Morgan fingerprint density at radius 2 is 1.72 bits per heavy atom. The molecule has 0 fully saturated rings. The SMILES string of the molecule is CC[C@@H](C(=O)NC(C)C)N(Cc1ccc(Cl)cc1Cl)C(=O)Cc1ccc(C)cc1. The number of hydrogen-bond acceptors (Lipinski definition) is 2. The van der Waals surface area contributed by atoms with Crippen molar-refractivity contribution in [1.82, 2.24) is 10.2 Å². The lowest BCUT2D eigenvalue weighted by molar-refractivity contribution is -0.141. The van der Waals surface area contributed by atoms with E-state index in [4.69, 9.17) is 23.2 Å². The van der Waals surface area contributed by atoms with Crippen molar-refractivity contribution in [2.45, 2.75) is 59.2 Å². The maximum atomic E-state index is 13.2. The Kier molecular flexibility index (Phi) is 8.54. The number of nitrogens with one attached hydrogen (secondary N) is 1. The van der Waals surface area contributed by atoms with Gasteiger partial charge in [0.05, 0.1) is 6.42 Å². The number of halogens is 2. The number of benzene rings is 2. The molecule has 0 heterocycles. The zero-order valence-electron chi connectivity index (χ0n) is 17.3. The Balaban J connectivity index is 2.33. The summed E-state index contributed by atoms with van der Waals surface area (Å²) in [6.45, 7) is 7.95. The van der Waals surface area contributed by atoms with E-state index < -0.39 is 6.04 Å². The van der Waals surface area contributed by atoms with Crippen LogP contribution in [0.3, 0.4) is 0 Å². The van der Waals surface area contributed by atoms with Crippen LogP contribution in [0.25, 0.3) is 0 Å². The summed E-state index contributed by atoms with van der Waals surface area (Å²) in [5.41, 5.74) is 2.80. The Morgan fingerprint density at radius 1 is 1.07 bits per heavy atom. The molecule has 0 saturated carbocycles. The molecule has 0 aliphatic heterocycles. The molecule has 0 aromatic heterocycles. The summed E-state index contributed by atoms with van der Waals surface area (Å²) in [6.07, 6.45) is 0.723. The van der Waals surface area contributed by atoms with E-state index in [-0.39, 0.29) is 30.8 Å². The lowest BCUT2D eigenvalue weighted by atomic mass is 10.1. The lowest BCUT2D eigenvalue weighted by Crippen LogP contribution is -2.50. The Hall–Kier alpha value is -2.04. The van der Waals surface area contributed by atoms with Crippen LogP contribution in [-0.4, -0.2) is 28.8 Å². The van der Waals surface area contributed by atoms with Crippen LogP contribution >= 0.6 is 23.2 Å². The largest absolute Gasteiger partial charge is 0.352 e. The molecule has 2 amide bonds. The second-order valence-electron chi connectivity index (χ2n) is 7.51. The highest BCUT2D eigenvalue weighted by molar-refractivity contribution is 6.35. The van der Waals surface area contributed by atoms with Crippen molar-refractivity contribution in [2.24, 2.45) is 0 Å². The fourth-order valence-corrected chi connectivity index (χ4v) is 3.58. The summed E-state index contributed by atoms with van der Waals surface area (Å²) < 4.78 is 0. The average molecular weight is 435 g/mol. The van der Waals surface area contributed by atoms with Crippen LogP contribution in [0.5, 0.6) is 0 Å². The van der Waals surface area contributed by atoms with Crippen LogP contribution in [0.15, 0.2) is 42.5 Å². The molecule has 2 rings (SSSR count). The van der Waals surface area contributed by atoms with E-state index in [9.17, 15) is 9.59 Å². The topological polar surface area (TPSA) is 49.4 Å². The minimum absolute atomic E-state index is 0.00952. The Labute approximate surface area is 183 Å². The summed E-state index contributed by atoms with van der Waals surface area (Å²) in [5, 5.41) is 3.93. The molecule has 0 spiro atoms. The molecule has 6 heteroatoms. The van der Waals surface area contributed by atoms with Gasteiger partial charge in [-0.1, -0.05) is 66.0 Å². The first-order valence-electron chi connectivity index (χ1n) is 9.80. The third-order valence-electron chi connectivity index (χ3n) is 4.65. The van der Waals surface area contributed by atoms with Crippen LogP contribution in [0, 0.1) is 6.92 Å². The fraction of sp³-hybridized carbons (Fsp3) is 0.391. The smallest absolute Gasteiger partial charge is 0.243 e. The normalized spacial score (nSPS) is 12.0. The van der Waals surface area contributed by atoms with E-state index in [1.54, 1.807) is 23.1 Å². The van der Waals surface area contributed by atoms with Crippen molar-refractivity contribution in [1.29, 1.82) is 0 Å². The molecule has 0 saturated heterocycles. The minimum atomic E-state index is -0.581. The maximum Gasteiger partial charge on any atom is 0.243 e. The summed E-state index contributed by atoms with van der Waals surface area (Å²) in [6, 6.07) is 12.4. The van der Waals surface area contributed by atoms with E-state index in [0.717, 1.165) is 16.7 Å². The molecular weight excluding hydrogens is 407 g/mol. The molecule has 1 atom stereocenters. The van der Waals surface area contributed by atoms with Crippen molar-refractivity contribution in [2.75, 3.05) is 0 Å². The first kappa shape index (κ1) is 23.2. The molecule has 0 aliphatic rings. The summed E-state index contributed by atoms with van der Waals surface area (Å²) >= 11 is 12.3. The van der Waals surface area contributed by atoms with Crippen molar-refractivity contribution in [3.05, 3.63) is 69.2 Å². The van der Waals surface area contributed by atoms with Gasteiger partial charge in [0.25, 0.3) is 0 Å². The number of carbonyl (C=O) groups is 2. The number of rotatable bonds is 8. The predicted octanol–water partition coefficient (Wildman–Crippen LogP) is 5.18. The zero-order chi connectivity index (χ0) is 21.6. The van der Waals surface area contributed by atoms with Gasteiger partial charge in [-0.3, -0.25) is 9.59 Å². The summed E-state index contributed by atoms with van der Waals surface area (Å²) in [7, 11) is 0. The molecule has 0 bridgehead atoms. The van der Waals surface area contributed by atoms with Gasteiger partial charge in [-0.15, -0.1) is 0 Å². The molecule has 2 aromatic rings. The fourth-order valence-electron chi connectivity index (χ4n) is 3.12. The highest BCUT2D eigenvalue weighted by Gasteiger charge is 2.29. The number of aryl methyl sites for hydroxylation is 1. The molecule has 0 unspecified atom stereocenters. The Bertz CT molecular complexity index is 850. The molecular formula is C23H28Cl2N2O2. The van der Waals surface area contributed by atoms with Crippen LogP contribution in [0.4, 0.5) is 0 Å². The van der Waals surface area contributed by atoms with E-state index in [2.05, 4.69) is 5.32 Å². The number of carbonyl (C=O) groups excluding carboxylic acids is 2. The van der Waals surface area contributed by atoms with Gasteiger partial charge in [-0.25, -0.2) is 0 Å². The van der Waals surface area contributed by atoms with Gasteiger partial charge in [0.2, 0.25) is 11.8 Å². The van der Waals surface area contributed by atoms with Gasteiger partial charge in [-0.2, -0.15) is 0 Å². The second-order valence-corrected chi connectivity index (χ2v) is 8.35. The third kappa shape index (κ3) is 6.76. The average Bonchev–Trinajstić information content (AvgIpc) is 2.64. The molecule has 2 aromatic carbocycles. The van der Waals surface area contributed by atoms with Crippen molar-refractivity contribution >= 4 is 35.0 Å². The summed E-state index contributed by atoms with van der Waals surface area (Å²) in [4.78, 5) is 27.7. The third-order valence-corrected chi connectivity index (χ3v) is 5.24. The predicted molar refractivity (Wildman–Crippen MR) is 119 cm³/mol. The maximum absolute atomic E-state index is 13.2. The standard InChI is InChI=1S/C23H28Cl2N2O2/c1-5-21(23(29)26-15(2)3)27(14-18-10-11-19(24)13-20(18)25)22(28)12-17-8-6-16(4)7-9-17/h6-11,13,15,21H,5,12,14H2,1-4H3,(H,26,29)/t21-/m0/s1. The zero-order valence-corrected chi connectivity index (χ0v) is 18.8. The van der Waals surface area contributed by atoms with E-state index in [0.29, 0.717) is 16.5 Å². The van der Waals surface area contributed by atoms with E-state index in [1.165, 1.54) is 0 Å². The first-order valence-corrected chi connectivity index (χ1v) is 10.6. The van der Waals surface area contributed by atoms with Crippen LogP contribution in [0.2, 0.25) is 10.0 Å². The van der Waals surface area contributed by atoms with Crippen molar-refractivity contribution in [3.8, 4) is 0 Å². The number of amides is 2. The first-order chi connectivity index (χ1) is 13.7. The van der Waals surface area contributed by atoms with Crippen LogP contribution in [-0.2, 0) is 22.6 Å². The highest BCUT2D eigenvalue weighted by Crippen LogP contribution is 2.24. The van der Waals surface area contributed by atoms with E-state index in [1.807, 2.05) is 52.0 Å². The molecule has 1 N–H and O–H groups in total. The van der Waals surface area contributed by atoms with Gasteiger partial charge in [0.1, 0.15) is 6.04 Å². The van der Waals surface area contributed by atoms with Crippen molar-refractivity contribution in [3.63, 3.8) is 0 Å².